The Hall–Kier alpha value is -4.15. The predicted octanol–water partition coefficient (Wildman–Crippen LogP) is 4.29. The molecule has 2 aliphatic rings. The first kappa shape index (κ1) is 26.5. The number of rotatable bonds is 6. The number of nitrogens with zero attached hydrogens (tertiary/aromatic N) is 2. The molecule has 11 heteroatoms. The standard InChI is InChI=1S/C28H25F4N3O4/c1-15-7-17(29)8-19-12-34(15)28(38)24-26(39-14-16-5-3-2-4-6-16)25(36)21(13-35(19)24)27(37)33-11-20-22(31)9-18(30)10-23(20)32/h2-6,9-10,13,15,17,19H,7-8,11-12,14H2,1H3,(H,33,37)/t15-,17?,19-/m0/s1. The Bertz CT molecular complexity index is 1470. The minimum Gasteiger partial charge on any atom is -0.483 e. The summed E-state index contributed by atoms with van der Waals surface area (Å²) in [7, 11) is 0. The third-order valence-corrected chi connectivity index (χ3v) is 7.12. The van der Waals surface area contributed by atoms with Crippen molar-refractivity contribution in [2.45, 2.75) is 51.2 Å². The van der Waals surface area contributed by atoms with E-state index in [9.17, 15) is 31.9 Å². The van der Waals surface area contributed by atoms with Crippen molar-refractivity contribution >= 4 is 11.8 Å². The predicted molar refractivity (Wildman–Crippen MR) is 133 cm³/mol. The number of pyridine rings is 1. The van der Waals surface area contributed by atoms with E-state index in [1.165, 1.54) is 15.7 Å². The highest BCUT2D eigenvalue weighted by Gasteiger charge is 2.41. The van der Waals surface area contributed by atoms with Gasteiger partial charge in [0.15, 0.2) is 11.4 Å². The van der Waals surface area contributed by atoms with Crippen molar-refractivity contribution in [2.24, 2.45) is 0 Å². The molecule has 2 aliphatic heterocycles. The van der Waals surface area contributed by atoms with E-state index in [1.807, 2.05) is 0 Å². The van der Waals surface area contributed by atoms with Gasteiger partial charge in [-0.05, 0) is 18.9 Å². The number of halogens is 4. The Labute approximate surface area is 221 Å². The van der Waals surface area contributed by atoms with Crippen LogP contribution in [0.4, 0.5) is 17.6 Å². The number of benzene rings is 2. The fraction of sp³-hybridized carbons (Fsp3) is 0.321. The molecule has 0 radical (unpaired) electrons. The Morgan fingerprint density at radius 3 is 2.46 bits per heavy atom. The van der Waals surface area contributed by atoms with Gasteiger partial charge in [0.25, 0.3) is 11.8 Å². The van der Waals surface area contributed by atoms with Crippen LogP contribution in [-0.2, 0) is 13.2 Å². The van der Waals surface area contributed by atoms with Crippen molar-refractivity contribution in [1.82, 2.24) is 14.8 Å². The molecule has 2 aromatic carbocycles. The van der Waals surface area contributed by atoms with Crippen molar-refractivity contribution in [3.05, 3.63) is 98.7 Å². The molecule has 3 atom stereocenters. The van der Waals surface area contributed by atoms with Crippen LogP contribution < -0.4 is 15.5 Å². The zero-order valence-corrected chi connectivity index (χ0v) is 20.9. The minimum absolute atomic E-state index is 0.0508. The first-order valence-electron chi connectivity index (χ1n) is 12.5. The average molecular weight is 544 g/mol. The second-order valence-corrected chi connectivity index (χ2v) is 9.79. The number of carbonyl (C=O) groups excluding carboxylic acids is 2. The van der Waals surface area contributed by atoms with Crippen LogP contribution in [0.5, 0.6) is 5.75 Å². The molecule has 3 aromatic rings. The highest BCUT2D eigenvalue weighted by atomic mass is 19.1. The van der Waals surface area contributed by atoms with Gasteiger partial charge >= 0.3 is 0 Å². The van der Waals surface area contributed by atoms with E-state index in [0.717, 1.165) is 0 Å². The number of hydrogen-bond acceptors (Lipinski definition) is 4. The summed E-state index contributed by atoms with van der Waals surface area (Å²) in [5, 5.41) is 2.28. The second kappa shape index (κ2) is 10.5. The van der Waals surface area contributed by atoms with Gasteiger partial charge in [-0.15, -0.1) is 0 Å². The van der Waals surface area contributed by atoms with Crippen LogP contribution >= 0.6 is 0 Å². The maximum Gasteiger partial charge on any atom is 0.274 e. The molecule has 0 saturated carbocycles. The number of aromatic nitrogens is 1. The van der Waals surface area contributed by atoms with Gasteiger partial charge in [-0.2, -0.15) is 0 Å². The average Bonchev–Trinajstić information content (AvgIpc) is 3.02. The van der Waals surface area contributed by atoms with Gasteiger partial charge in [0.1, 0.15) is 35.8 Å². The maximum atomic E-state index is 14.8. The lowest BCUT2D eigenvalue weighted by Crippen LogP contribution is -2.47. The van der Waals surface area contributed by atoms with Crippen molar-refractivity contribution in [3.8, 4) is 5.75 Å². The fourth-order valence-corrected chi connectivity index (χ4v) is 5.13. The Kier molecular flexibility index (Phi) is 7.16. The topological polar surface area (TPSA) is 80.6 Å². The van der Waals surface area contributed by atoms with Gasteiger partial charge in [0.05, 0.1) is 6.04 Å². The van der Waals surface area contributed by atoms with Crippen LogP contribution in [0.25, 0.3) is 0 Å². The van der Waals surface area contributed by atoms with Crippen molar-refractivity contribution in [1.29, 1.82) is 0 Å². The number of nitrogens with one attached hydrogen (secondary N) is 1. The number of amides is 2. The van der Waals surface area contributed by atoms with E-state index in [2.05, 4.69) is 5.32 Å². The Morgan fingerprint density at radius 1 is 1.08 bits per heavy atom. The Morgan fingerprint density at radius 2 is 1.77 bits per heavy atom. The van der Waals surface area contributed by atoms with Gasteiger partial charge in [-0.25, -0.2) is 17.6 Å². The molecular formula is C28H25F4N3O4. The van der Waals surface area contributed by atoms with Crippen LogP contribution in [0.2, 0.25) is 0 Å². The lowest BCUT2D eigenvalue weighted by atomic mass is 10.0. The molecule has 1 unspecified atom stereocenters. The second-order valence-electron chi connectivity index (χ2n) is 9.79. The monoisotopic (exact) mass is 543 g/mol. The van der Waals surface area contributed by atoms with E-state index < -0.39 is 70.6 Å². The number of ether oxygens (including phenoxy) is 1. The van der Waals surface area contributed by atoms with E-state index in [0.29, 0.717) is 17.7 Å². The lowest BCUT2D eigenvalue weighted by Gasteiger charge is -2.37. The fourth-order valence-electron chi connectivity index (χ4n) is 5.13. The third-order valence-electron chi connectivity index (χ3n) is 7.12. The summed E-state index contributed by atoms with van der Waals surface area (Å²) < 4.78 is 63.4. The van der Waals surface area contributed by atoms with E-state index in [4.69, 9.17) is 4.74 Å². The van der Waals surface area contributed by atoms with E-state index in [-0.39, 0.29) is 37.4 Å². The van der Waals surface area contributed by atoms with E-state index in [1.54, 1.807) is 37.3 Å². The summed E-state index contributed by atoms with van der Waals surface area (Å²) in [5.74, 6) is -5.39. The summed E-state index contributed by atoms with van der Waals surface area (Å²) in [6.07, 6.45) is 0.129. The highest BCUT2D eigenvalue weighted by molar-refractivity contribution is 5.99. The molecule has 1 N–H and O–H groups in total. The molecule has 3 heterocycles. The van der Waals surface area contributed by atoms with Crippen LogP contribution in [-0.4, -0.2) is 40.0 Å². The molecule has 5 rings (SSSR count). The van der Waals surface area contributed by atoms with Crippen LogP contribution in [0, 0.1) is 17.5 Å². The van der Waals surface area contributed by atoms with Gasteiger partial charge < -0.3 is 19.5 Å². The summed E-state index contributed by atoms with van der Waals surface area (Å²) in [5.41, 5.74) is -1.32. The molecule has 1 fully saturated rings. The Balaban J connectivity index is 1.55. The molecule has 204 valence electrons. The molecular weight excluding hydrogens is 518 g/mol. The number of hydrogen-bond donors (Lipinski definition) is 1. The maximum absolute atomic E-state index is 14.8. The summed E-state index contributed by atoms with van der Waals surface area (Å²) in [6, 6.07) is 8.83. The van der Waals surface area contributed by atoms with Crippen LogP contribution in [0.3, 0.4) is 0 Å². The van der Waals surface area contributed by atoms with Crippen molar-refractivity contribution < 1.29 is 31.9 Å². The summed E-state index contributed by atoms with van der Waals surface area (Å²) >= 11 is 0. The normalized spacial score (nSPS) is 20.3. The van der Waals surface area contributed by atoms with Gasteiger partial charge in [-0.1, -0.05) is 30.3 Å². The van der Waals surface area contributed by atoms with Gasteiger partial charge in [-0.3, -0.25) is 14.4 Å². The molecule has 1 aromatic heterocycles. The highest BCUT2D eigenvalue weighted by Crippen LogP contribution is 2.35. The largest absolute Gasteiger partial charge is 0.483 e. The summed E-state index contributed by atoms with van der Waals surface area (Å²) in [4.78, 5) is 41.7. The first-order chi connectivity index (χ1) is 18.6. The van der Waals surface area contributed by atoms with Crippen LogP contribution in [0.15, 0.2) is 53.5 Å². The zero-order valence-electron chi connectivity index (χ0n) is 20.9. The minimum atomic E-state index is -1.22. The number of carbonyl (C=O) groups is 2. The van der Waals surface area contributed by atoms with E-state index >= 15 is 0 Å². The quantitative estimate of drug-likeness (QED) is 0.471. The molecule has 0 aliphatic carbocycles. The lowest BCUT2D eigenvalue weighted by molar-refractivity contribution is 0.0600. The first-order valence-corrected chi connectivity index (χ1v) is 12.5. The zero-order chi connectivity index (χ0) is 27.8. The van der Waals surface area contributed by atoms with Gasteiger partial charge in [0.2, 0.25) is 5.43 Å². The van der Waals surface area contributed by atoms with Gasteiger partial charge in [0, 0.05) is 49.4 Å². The number of fused-ring (bicyclic) bond motifs is 4. The van der Waals surface area contributed by atoms with Crippen molar-refractivity contribution in [2.75, 3.05) is 6.54 Å². The third kappa shape index (κ3) is 5.13. The van der Waals surface area contributed by atoms with Crippen molar-refractivity contribution in [3.63, 3.8) is 0 Å². The molecule has 2 amide bonds. The molecule has 0 spiro atoms. The molecule has 1 saturated heterocycles. The molecule has 7 nitrogen and oxygen atoms in total. The smallest absolute Gasteiger partial charge is 0.274 e. The number of alkyl halides is 1. The molecule has 39 heavy (non-hydrogen) atoms. The summed E-state index contributed by atoms with van der Waals surface area (Å²) in [6.45, 7) is 1.17. The van der Waals surface area contributed by atoms with Crippen LogP contribution in [0.1, 0.15) is 57.8 Å². The SMILES string of the molecule is C[C@H]1CC(F)C[C@H]2CN1C(=O)c1c(OCc3ccccc3)c(=O)c(C(=O)NCc3c(F)cc(F)cc3F)cn12. The molecule has 2 bridgehead atoms.